The third-order valence-electron chi connectivity index (χ3n) is 3.04. The fourth-order valence-electron chi connectivity index (χ4n) is 1.98. The van der Waals surface area contributed by atoms with Crippen LogP contribution in [-0.2, 0) is 6.61 Å². The number of halogens is 1. The van der Waals surface area contributed by atoms with E-state index >= 15 is 0 Å². The van der Waals surface area contributed by atoms with E-state index in [0.29, 0.717) is 11.1 Å². The Balaban J connectivity index is 1.86. The van der Waals surface area contributed by atoms with E-state index in [2.05, 4.69) is 20.3 Å². The van der Waals surface area contributed by atoms with Gasteiger partial charge in [0.25, 0.3) is 0 Å². The number of pyridine rings is 1. The van der Waals surface area contributed by atoms with Gasteiger partial charge in [-0.05, 0) is 35.9 Å². The Morgan fingerprint density at radius 1 is 1.09 bits per heavy atom. The molecule has 0 aliphatic carbocycles. The van der Waals surface area contributed by atoms with Gasteiger partial charge in [-0.15, -0.1) is 0 Å². The Labute approximate surface area is 132 Å². The van der Waals surface area contributed by atoms with Crippen molar-refractivity contribution >= 4 is 23.2 Å². The lowest BCUT2D eigenvalue weighted by atomic mass is 10.2. The summed E-state index contributed by atoms with van der Waals surface area (Å²) in [4.78, 5) is 12.7. The highest BCUT2D eigenvalue weighted by atomic mass is 35.5. The van der Waals surface area contributed by atoms with Gasteiger partial charge in [0.15, 0.2) is 0 Å². The van der Waals surface area contributed by atoms with E-state index in [1.54, 1.807) is 24.5 Å². The molecule has 0 aliphatic heterocycles. The van der Waals surface area contributed by atoms with Gasteiger partial charge in [-0.3, -0.25) is 0 Å². The van der Waals surface area contributed by atoms with E-state index in [9.17, 15) is 0 Å². The lowest BCUT2D eigenvalue weighted by molar-refractivity contribution is 0.282. The van der Waals surface area contributed by atoms with Crippen molar-refractivity contribution in [2.24, 2.45) is 0 Å². The van der Waals surface area contributed by atoms with Gasteiger partial charge in [-0.25, -0.2) is 15.0 Å². The molecule has 5 nitrogen and oxygen atoms in total. The minimum Gasteiger partial charge on any atom is -0.392 e. The van der Waals surface area contributed by atoms with Gasteiger partial charge in [0.05, 0.1) is 12.3 Å². The Morgan fingerprint density at radius 2 is 2.00 bits per heavy atom. The van der Waals surface area contributed by atoms with Crippen LogP contribution in [0, 0.1) is 0 Å². The van der Waals surface area contributed by atoms with Crippen LogP contribution in [-0.4, -0.2) is 20.1 Å². The Morgan fingerprint density at radius 3 is 2.77 bits per heavy atom. The van der Waals surface area contributed by atoms with Crippen LogP contribution in [0.5, 0.6) is 0 Å². The number of aliphatic hydroxyl groups excluding tert-OH is 1. The Bertz CT molecular complexity index is 777. The molecular weight excluding hydrogens is 300 g/mol. The first-order valence-corrected chi connectivity index (χ1v) is 7.04. The standard InChI is InChI=1S/C16H13ClN4O/c17-15-5-4-12(9-19-15)14-6-7-18-16(21-14)20-13-3-1-2-11(8-13)10-22/h1-9,22H,10H2,(H,18,20,21). The fourth-order valence-corrected chi connectivity index (χ4v) is 2.10. The van der Waals surface area contributed by atoms with Crippen molar-refractivity contribution in [3.8, 4) is 11.3 Å². The first kappa shape index (κ1) is 14.4. The van der Waals surface area contributed by atoms with Gasteiger partial charge >= 0.3 is 0 Å². The molecule has 1 aromatic carbocycles. The Kier molecular flexibility index (Phi) is 4.27. The minimum atomic E-state index is -0.00708. The number of hydrogen-bond acceptors (Lipinski definition) is 5. The first-order chi connectivity index (χ1) is 10.7. The molecule has 6 heteroatoms. The molecular formula is C16H13ClN4O. The highest BCUT2D eigenvalue weighted by Crippen LogP contribution is 2.20. The zero-order valence-electron chi connectivity index (χ0n) is 11.6. The number of anilines is 2. The molecule has 3 aromatic rings. The molecule has 22 heavy (non-hydrogen) atoms. The van der Waals surface area contributed by atoms with Crippen LogP contribution < -0.4 is 5.32 Å². The summed E-state index contributed by atoms with van der Waals surface area (Å²) in [6.45, 7) is -0.00708. The lowest BCUT2D eigenvalue weighted by Crippen LogP contribution is -1.98. The van der Waals surface area contributed by atoms with Gasteiger partial charge in [0.2, 0.25) is 5.95 Å². The van der Waals surface area contributed by atoms with Crippen LogP contribution in [0.25, 0.3) is 11.3 Å². The van der Waals surface area contributed by atoms with Crippen LogP contribution in [0.3, 0.4) is 0 Å². The van der Waals surface area contributed by atoms with Gasteiger partial charge in [0.1, 0.15) is 5.15 Å². The summed E-state index contributed by atoms with van der Waals surface area (Å²) >= 11 is 5.79. The monoisotopic (exact) mass is 312 g/mol. The van der Waals surface area contributed by atoms with Gasteiger partial charge in [0, 0.05) is 23.6 Å². The molecule has 3 rings (SSSR count). The molecule has 0 bridgehead atoms. The average Bonchev–Trinajstić information content (AvgIpc) is 2.56. The van der Waals surface area contributed by atoms with Crippen molar-refractivity contribution in [1.29, 1.82) is 0 Å². The van der Waals surface area contributed by atoms with Crippen LogP contribution in [0.1, 0.15) is 5.56 Å². The predicted octanol–water partition coefficient (Wildman–Crippen LogP) is 3.43. The van der Waals surface area contributed by atoms with E-state index < -0.39 is 0 Å². The second-order valence-electron chi connectivity index (χ2n) is 4.62. The summed E-state index contributed by atoms with van der Waals surface area (Å²) in [7, 11) is 0. The molecule has 0 spiro atoms. The third kappa shape index (κ3) is 3.39. The van der Waals surface area contributed by atoms with Crippen molar-refractivity contribution < 1.29 is 5.11 Å². The molecule has 0 atom stereocenters. The smallest absolute Gasteiger partial charge is 0.227 e. The van der Waals surface area contributed by atoms with Crippen molar-refractivity contribution in [2.75, 3.05) is 5.32 Å². The zero-order chi connectivity index (χ0) is 15.4. The second kappa shape index (κ2) is 6.51. The zero-order valence-corrected chi connectivity index (χ0v) is 12.3. The highest BCUT2D eigenvalue weighted by molar-refractivity contribution is 6.29. The number of aromatic nitrogens is 3. The van der Waals surface area contributed by atoms with Crippen LogP contribution >= 0.6 is 11.6 Å². The molecule has 0 aliphatic rings. The first-order valence-electron chi connectivity index (χ1n) is 6.66. The molecule has 2 heterocycles. The maximum Gasteiger partial charge on any atom is 0.227 e. The predicted molar refractivity (Wildman–Crippen MR) is 85.9 cm³/mol. The van der Waals surface area contributed by atoms with Gasteiger partial charge in [-0.2, -0.15) is 0 Å². The second-order valence-corrected chi connectivity index (χ2v) is 5.01. The number of aliphatic hydroxyl groups is 1. The molecule has 0 saturated carbocycles. The summed E-state index contributed by atoms with van der Waals surface area (Å²) < 4.78 is 0. The normalized spacial score (nSPS) is 10.5. The summed E-state index contributed by atoms with van der Waals surface area (Å²) in [5.74, 6) is 0.475. The number of nitrogens with one attached hydrogen (secondary N) is 1. The van der Waals surface area contributed by atoms with Crippen LogP contribution in [0.15, 0.2) is 54.9 Å². The maximum absolute atomic E-state index is 9.17. The lowest BCUT2D eigenvalue weighted by Gasteiger charge is -2.07. The van der Waals surface area contributed by atoms with Crippen molar-refractivity contribution in [2.45, 2.75) is 6.61 Å². The van der Waals surface area contributed by atoms with E-state index in [1.165, 1.54) is 0 Å². The van der Waals surface area contributed by atoms with Crippen molar-refractivity contribution in [3.05, 3.63) is 65.6 Å². The van der Waals surface area contributed by atoms with Crippen molar-refractivity contribution in [1.82, 2.24) is 15.0 Å². The summed E-state index contributed by atoms with van der Waals surface area (Å²) in [6.07, 6.45) is 3.34. The van der Waals surface area contributed by atoms with E-state index in [1.807, 2.05) is 30.3 Å². The van der Waals surface area contributed by atoms with Gasteiger partial charge in [-0.1, -0.05) is 23.7 Å². The molecule has 0 radical (unpaired) electrons. The SMILES string of the molecule is OCc1cccc(Nc2nccc(-c3ccc(Cl)nc3)n2)c1. The van der Waals surface area contributed by atoms with Gasteiger partial charge < -0.3 is 10.4 Å². The van der Waals surface area contributed by atoms with Crippen LogP contribution in [0.4, 0.5) is 11.6 Å². The number of benzene rings is 1. The molecule has 110 valence electrons. The molecule has 0 amide bonds. The maximum atomic E-state index is 9.17. The quantitative estimate of drug-likeness (QED) is 0.722. The van der Waals surface area contributed by atoms with E-state index in [-0.39, 0.29) is 6.61 Å². The molecule has 0 unspecified atom stereocenters. The number of rotatable bonds is 4. The summed E-state index contributed by atoms with van der Waals surface area (Å²) in [5.41, 5.74) is 3.25. The third-order valence-corrected chi connectivity index (χ3v) is 3.27. The minimum absolute atomic E-state index is 0.00708. The number of hydrogen-bond donors (Lipinski definition) is 2. The largest absolute Gasteiger partial charge is 0.392 e. The van der Waals surface area contributed by atoms with E-state index in [4.69, 9.17) is 16.7 Å². The molecule has 2 aromatic heterocycles. The molecule has 2 N–H and O–H groups in total. The summed E-state index contributed by atoms with van der Waals surface area (Å²) in [6, 6.07) is 12.8. The van der Waals surface area contributed by atoms with E-state index in [0.717, 1.165) is 22.5 Å². The average molecular weight is 313 g/mol. The topological polar surface area (TPSA) is 70.9 Å². The fraction of sp³-hybridized carbons (Fsp3) is 0.0625. The van der Waals surface area contributed by atoms with Crippen LogP contribution in [0.2, 0.25) is 5.15 Å². The Hall–Kier alpha value is -2.50. The summed E-state index contributed by atoms with van der Waals surface area (Å²) in [5, 5.41) is 12.7. The molecule has 0 saturated heterocycles. The molecule has 0 fully saturated rings. The highest BCUT2D eigenvalue weighted by Gasteiger charge is 2.04. The number of nitrogens with zero attached hydrogens (tertiary/aromatic N) is 3. The van der Waals surface area contributed by atoms with Crippen molar-refractivity contribution in [3.63, 3.8) is 0 Å².